The van der Waals surface area contributed by atoms with Gasteiger partial charge >= 0.3 is 0 Å². The van der Waals surface area contributed by atoms with Gasteiger partial charge in [-0.1, -0.05) is 48.2 Å². The third kappa shape index (κ3) is 3.04. The fraction of sp³-hybridized carbons (Fsp3) is 0.0625. The third-order valence-corrected chi connectivity index (χ3v) is 4.20. The highest BCUT2D eigenvalue weighted by molar-refractivity contribution is 7.98. The van der Waals surface area contributed by atoms with E-state index in [1.807, 2.05) is 60.7 Å². The SMILES string of the molecule is c1ccc(-n2cnc(SCc3nnnn3-c3ccccc3)n2)cc1. The van der Waals surface area contributed by atoms with Crippen molar-refractivity contribution < 1.29 is 0 Å². The van der Waals surface area contributed by atoms with Crippen molar-refractivity contribution >= 4 is 11.8 Å². The van der Waals surface area contributed by atoms with Gasteiger partial charge in [0.05, 0.1) is 17.1 Å². The Labute approximate surface area is 142 Å². The van der Waals surface area contributed by atoms with Crippen LogP contribution in [0, 0.1) is 0 Å². The average Bonchev–Trinajstić information content (AvgIpc) is 3.31. The number of benzene rings is 2. The van der Waals surface area contributed by atoms with Crippen LogP contribution in [0.3, 0.4) is 0 Å². The van der Waals surface area contributed by atoms with Gasteiger partial charge in [0.2, 0.25) is 5.16 Å². The van der Waals surface area contributed by atoms with E-state index in [1.165, 1.54) is 11.8 Å². The molecule has 0 unspecified atom stereocenters. The molecule has 0 aliphatic heterocycles. The second-order valence-corrected chi connectivity index (χ2v) is 5.88. The Bertz CT molecular complexity index is 918. The van der Waals surface area contributed by atoms with Gasteiger partial charge < -0.3 is 0 Å². The molecule has 2 aromatic carbocycles. The van der Waals surface area contributed by atoms with E-state index in [0.29, 0.717) is 10.9 Å². The average molecular weight is 335 g/mol. The Balaban J connectivity index is 1.49. The van der Waals surface area contributed by atoms with Crippen LogP contribution in [0.15, 0.2) is 72.1 Å². The molecule has 8 heteroatoms. The smallest absolute Gasteiger partial charge is 0.209 e. The van der Waals surface area contributed by atoms with E-state index in [4.69, 9.17) is 0 Å². The first-order valence-corrected chi connectivity index (χ1v) is 8.31. The van der Waals surface area contributed by atoms with E-state index in [-0.39, 0.29) is 0 Å². The van der Waals surface area contributed by atoms with Gasteiger partial charge in [-0.05, 0) is 34.7 Å². The van der Waals surface area contributed by atoms with E-state index >= 15 is 0 Å². The summed E-state index contributed by atoms with van der Waals surface area (Å²) in [7, 11) is 0. The number of aromatic nitrogens is 7. The molecule has 0 saturated heterocycles. The van der Waals surface area contributed by atoms with Crippen LogP contribution in [-0.4, -0.2) is 35.0 Å². The van der Waals surface area contributed by atoms with Gasteiger partial charge in [-0.25, -0.2) is 9.67 Å². The maximum absolute atomic E-state index is 4.47. The van der Waals surface area contributed by atoms with E-state index in [1.54, 1.807) is 15.7 Å². The zero-order valence-electron chi connectivity index (χ0n) is 12.6. The Hall–Kier alpha value is -3.00. The first-order chi connectivity index (χ1) is 11.9. The Morgan fingerprint density at radius 3 is 2.33 bits per heavy atom. The number of para-hydroxylation sites is 2. The van der Waals surface area contributed by atoms with Crippen molar-refractivity contribution in [3.8, 4) is 11.4 Å². The normalized spacial score (nSPS) is 10.8. The lowest BCUT2D eigenvalue weighted by molar-refractivity contribution is 0.777. The Morgan fingerprint density at radius 1 is 0.875 bits per heavy atom. The lowest BCUT2D eigenvalue weighted by Gasteiger charge is -2.02. The molecule has 0 radical (unpaired) electrons. The van der Waals surface area contributed by atoms with Crippen molar-refractivity contribution in [3.63, 3.8) is 0 Å². The summed E-state index contributed by atoms with van der Waals surface area (Å²) in [5.74, 6) is 1.34. The zero-order chi connectivity index (χ0) is 16.2. The molecule has 2 aromatic heterocycles. The first-order valence-electron chi connectivity index (χ1n) is 7.33. The minimum atomic E-state index is 0.584. The van der Waals surface area contributed by atoms with Crippen molar-refractivity contribution in [1.29, 1.82) is 0 Å². The third-order valence-electron chi connectivity index (χ3n) is 3.36. The lowest BCUT2D eigenvalue weighted by Crippen LogP contribution is -2.02. The highest BCUT2D eigenvalue weighted by Crippen LogP contribution is 2.19. The number of nitrogens with zero attached hydrogens (tertiary/aromatic N) is 7. The fourth-order valence-electron chi connectivity index (χ4n) is 2.21. The second kappa shape index (κ2) is 6.63. The quantitative estimate of drug-likeness (QED) is 0.522. The number of thioether (sulfide) groups is 1. The predicted octanol–water partition coefficient (Wildman–Crippen LogP) is 2.54. The summed E-state index contributed by atoms with van der Waals surface area (Å²) in [5, 5.41) is 17.1. The standard InChI is InChI=1S/C16H13N7S/c1-3-7-13(8-4-1)22-12-17-16(19-22)24-11-15-18-20-21-23(15)14-9-5-2-6-10-14/h1-10,12H,11H2. The summed E-state index contributed by atoms with van der Waals surface area (Å²) in [6.45, 7) is 0. The summed E-state index contributed by atoms with van der Waals surface area (Å²) < 4.78 is 3.48. The molecule has 0 amide bonds. The molecule has 0 bridgehead atoms. The van der Waals surface area contributed by atoms with Crippen molar-refractivity contribution in [2.24, 2.45) is 0 Å². The van der Waals surface area contributed by atoms with Gasteiger partial charge in [0.1, 0.15) is 6.33 Å². The molecule has 0 saturated carbocycles. The zero-order valence-corrected chi connectivity index (χ0v) is 13.4. The number of tetrazole rings is 1. The molecule has 0 aliphatic rings. The van der Waals surface area contributed by atoms with Crippen LogP contribution in [0.4, 0.5) is 0 Å². The van der Waals surface area contributed by atoms with Crippen LogP contribution in [0.2, 0.25) is 0 Å². The monoisotopic (exact) mass is 335 g/mol. The molecule has 118 valence electrons. The molecule has 0 fully saturated rings. The first kappa shape index (κ1) is 14.6. The van der Waals surface area contributed by atoms with E-state index in [9.17, 15) is 0 Å². The van der Waals surface area contributed by atoms with Crippen LogP contribution in [-0.2, 0) is 5.75 Å². The van der Waals surface area contributed by atoms with Gasteiger partial charge in [-0.3, -0.25) is 0 Å². The van der Waals surface area contributed by atoms with Gasteiger partial charge in [0.15, 0.2) is 5.82 Å². The Kier molecular flexibility index (Phi) is 4.03. The summed E-state index contributed by atoms with van der Waals surface area (Å²) in [4.78, 5) is 4.33. The molecule has 7 nitrogen and oxygen atoms in total. The minimum absolute atomic E-state index is 0.584. The maximum Gasteiger partial charge on any atom is 0.209 e. The van der Waals surface area contributed by atoms with Crippen LogP contribution in [0.1, 0.15) is 5.82 Å². The van der Waals surface area contributed by atoms with Crippen LogP contribution in [0.5, 0.6) is 0 Å². The highest BCUT2D eigenvalue weighted by atomic mass is 32.2. The number of rotatable bonds is 5. The minimum Gasteiger partial charge on any atom is -0.220 e. The molecular weight excluding hydrogens is 322 g/mol. The molecule has 4 rings (SSSR count). The van der Waals surface area contributed by atoms with Crippen LogP contribution < -0.4 is 0 Å². The van der Waals surface area contributed by atoms with E-state index < -0.39 is 0 Å². The van der Waals surface area contributed by atoms with Gasteiger partial charge in [-0.2, -0.15) is 4.68 Å². The lowest BCUT2D eigenvalue weighted by atomic mass is 10.3. The summed E-state index contributed by atoms with van der Waals surface area (Å²) in [5.41, 5.74) is 1.91. The molecular formula is C16H13N7S. The van der Waals surface area contributed by atoms with Gasteiger partial charge in [-0.15, -0.1) is 10.2 Å². The molecule has 0 atom stereocenters. The number of hydrogen-bond donors (Lipinski definition) is 0. The largest absolute Gasteiger partial charge is 0.220 e. The summed E-state index contributed by atoms with van der Waals surface area (Å²) in [6, 6.07) is 19.7. The molecule has 0 N–H and O–H groups in total. The predicted molar refractivity (Wildman–Crippen MR) is 90.1 cm³/mol. The number of hydrogen-bond acceptors (Lipinski definition) is 6. The van der Waals surface area contributed by atoms with Crippen molar-refractivity contribution in [2.75, 3.05) is 0 Å². The molecule has 4 aromatic rings. The maximum atomic E-state index is 4.47. The second-order valence-electron chi connectivity index (χ2n) is 4.94. The van der Waals surface area contributed by atoms with E-state index in [0.717, 1.165) is 17.2 Å². The van der Waals surface area contributed by atoms with Crippen molar-refractivity contribution in [3.05, 3.63) is 72.8 Å². The van der Waals surface area contributed by atoms with Crippen LogP contribution in [0.25, 0.3) is 11.4 Å². The topological polar surface area (TPSA) is 74.3 Å². The molecule has 2 heterocycles. The Morgan fingerprint density at radius 2 is 1.58 bits per heavy atom. The van der Waals surface area contributed by atoms with Crippen molar-refractivity contribution in [2.45, 2.75) is 10.9 Å². The molecule has 0 aliphatic carbocycles. The van der Waals surface area contributed by atoms with Crippen molar-refractivity contribution in [1.82, 2.24) is 35.0 Å². The van der Waals surface area contributed by atoms with Crippen LogP contribution >= 0.6 is 11.8 Å². The molecule has 24 heavy (non-hydrogen) atoms. The van der Waals surface area contributed by atoms with Gasteiger partial charge in [0, 0.05) is 0 Å². The van der Waals surface area contributed by atoms with E-state index in [2.05, 4.69) is 25.6 Å². The fourth-order valence-corrected chi connectivity index (χ4v) is 2.92. The summed E-state index contributed by atoms with van der Waals surface area (Å²) in [6.07, 6.45) is 1.71. The molecule has 0 spiro atoms. The summed E-state index contributed by atoms with van der Waals surface area (Å²) >= 11 is 1.50. The highest BCUT2D eigenvalue weighted by Gasteiger charge is 2.10. The van der Waals surface area contributed by atoms with Gasteiger partial charge in [0.25, 0.3) is 0 Å².